The Labute approximate surface area is 139 Å². The Bertz CT molecular complexity index is 683. The lowest BCUT2D eigenvalue weighted by molar-refractivity contribution is 0.241. The molecule has 0 bridgehead atoms. The van der Waals surface area contributed by atoms with Crippen molar-refractivity contribution in [3.63, 3.8) is 0 Å². The fourth-order valence-electron chi connectivity index (χ4n) is 2.55. The van der Waals surface area contributed by atoms with Crippen LogP contribution < -0.4 is 4.74 Å². The highest BCUT2D eigenvalue weighted by Gasteiger charge is 2.19. The van der Waals surface area contributed by atoms with E-state index in [-0.39, 0.29) is 0 Å². The van der Waals surface area contributed by atoms with Crippen molar-refractivity contribution < 1.29 is 4.74 Å². The largest absolute Gasteiger partial charge is 0.480 e. The van der Waals surface area contributed by atoms with Crippen LogP contribution in [0.3, 0.4) is 0 Å². The number of hydrogen-bond donors (Lipinski definition) is 0. The molecule has 0 saturated heterocycles. The first kappa shape index (κ1) is 15.5. The fraction of sp³-hybridized carbons (Fsp3) is 0.400. The number of ether oxygens (including phenoxy) is 1. The van der Waals surface area contributed by atoms with Crippen LogP contribution in [0.2, 0.25) is 5.02 Å². The summed E-state index contributed by atoms with van der Waals surface area (Å²) in [5.41, 5.74) is 3.45. The standard InChI is InChI=1S/C15H17ClN4OS/c1-21-14-12(16)5-10(6-17-14)8-20-4-3-13-11(9-20)7-18-15(19-13)22-2/h5-7H,3-4,8-9H2,1-2H3. The van der Waals surface area contributed by atoms with E-state index in [9.17, 15) is 0 Å². The van der Waals surface area contributed by atoms with Crippen LogP contribution in [0.15, 0.2) is 23.6 Å². The van der Waals surface area contributed by atoms with Crippen molar-refractivity contribution in [1.29, 1.82) is 0 Å². The summed E-state index contributed by atoms with van der Waals surface area (Å²) < 4.78 is 5.08. The number of rotatable bonds is 4. The zero-order chi connectivity index (χ0) is 15.5. The van der Waals surface area contributed by atoms with Gasteiger partial charge in [-0.2, -0.15) is 0 Å². The van der Waals surface area contributed by atoms with E-state index < -0.39 is 0 Å². The van der Waals surface area contributed by atoms with Crippen LogP contribution in [0.5, 0.6) is 5.88 Å². The van der Waals surface area contributed by atoms with Gasteiger partial charge in [-0.1, -0.05) is 23.4 Å². The molecule has 3 rings (SSSR count). The van der Waals surface area contributed by atoms with E-state index in [1.165, 1.54) is 11.3 Å². The Kier molecular flexibility index (Phi) is 4.81. The van der Waals surface area contributed by atoms with Crippen LogP contribution in [-0.4, -0.2) is 39.8 Å². The average molecular weight is 337 g/mol. The lowest BCUT2D eigenvalue weighted by Crippen LogP contribution is -2.31. The molecule has 0 aromatic carbocycles. The Morgan fingerprint density at radius 2 is 2.23 bits per heavy atom. The zero-order valence-corrected chi connectivity index (χ0v) is 14.1. The maximum absolute atomic E-state index is 6.13. The number of thioether (sulfide) groups is 1. The number of pyridine rings is 1. The molecule has 0 aliphatic carbocycles. The predicted molar refractivity (Wildman–Crippen MR) is 87.4 cm³/mol. The molecule has 0 amide bonds. The quantitative estimate of drug-likeness (QED) is 0.632. The number of nitrogens with zero attached hydrogens (tertiary/aromatic N) is 4. The molecule has 0 saturated carbocycles. The third-order valence-electron chi connectivity index (χ3n) is 3.64. The molecule has 116 valence electrons. The van der Waals surface area contributed by atoms with E-state index in [0.29, 0.717) is 10.9 Å². The van der Waals surface area contributed by atoms with Gasteiger partial charge in [0, 0.05) is 44.0 Å². The highest BCUT2D eigenvalue weighted by Crippen LogP contribution is 2.24. The minimum absolute atomic E-state index is 0.465. The third kappa shape index (κ3) is 3.34. The summed E-state index contributed by atoms with van der Waals surface area (Å²) in [6, 6.07) is 1.91. The second kappa shape index (κ2) is 6.81. The molecule has 0 radical (unpaired) electrons. The van der Waals surface area contributed by atoms with Gasteiger partial charge in [-0.25, -0.2) is 15.0 Å². The Morgan fingerprint density at radius 3 is 2.95 bits per heavy atom. The van der Waals surface area contributed by atoms with Crippen molar-refractivity contribution >= 4 is 23.4 Å². The van der Waals surface area contributed by atoms with Crippen molar-refractivity contribution in [2.75, 3.05) is 19.9 Å². The first-order chi connectivity index (χ1) is 10.7. The summed E-state index contributed by atoms with van der Waals surface area (Å²) in [5.74, 6) is 0.465. The van der Waals surface area contributed by atoms with Gasteiger partial charge in [-0.3, -0.25) is 4.90 Å². The molecule has 0 fully saturated rings. The van der Waals surface area contributed by atoms with Crippen molar-refractivity contribution in [3.05, 3.63) is 40.3 Å². The van der Waals surface area contributed by atoms with Crippen LogP contribution in [0.1, 0.15) is 16.8 Å². The summed E-state index contributed by atoms with van der Waals surface area (Å²) >= 11 is 7.71. The molecule has 7 heteroatoms. The first-order valence-corrected chi connectivity index (χ1v) is 8.59. The molecule has 0 atom stereocenters. The maximum atomic E-state index is 6.13. The van der Waals surface area contributed by atoms with Crippen LogP contribution in [0.25, 0.3) is 0 Å². The molecular weight excluding hydrogens is 320 g/mol. The van der Waals surface area contributed by atoms with E-state index >= 15 is 0 Å². The summed E-state index contributed by atoms with van der Waals surface area (Å²) in [4.78, 5) is 15.5. The van der Waals surface area contributed by atoms with E-state index in [2.05, 4.69) is 19.9 Å². The molecule has 3 heterocycles. The summed E-state index contributed by atoms with van der Waals surface area (Å²) in [5, 5.41) is 1.39. The number of methoxy groups -OCH3 is 1. The normalized spacial score (nSPS) is 14.7. The van der Waals surface area contributed by atoms with Crippen LogP contribution >= 0.6 is 23.4 Å². The number of aromatic nitrogens is 3. The van der Waals surface area contributed by atoms with Gasteiger partial charge < -0.3 is 4.74 Å². The first-order valence-electron chi connectivity index (χ1n) is 6.99. The lowest BCUT2D eigenvalue weighted by atomic mass is 10.1. The number of hydrogen-bond acceptors (Lipinski definition) is 6. The monoisotopic (exact) mass is 336 g/mol. The summed E-state index contributed by atoms with van der Waals surface area (Å²) in [7, 11) is 1.57. The van der Waals surface area contributed by atoms with Crippen molar-refractivity contribution in [2.24, 2.45) is 0 Å². The Hall–Kier alpha value is -1.37. The average Bonchev–Trinajstić information content (AvgIpc) is 2.54. The molecule has 0 spiro atoms. The van der Waals surface area contributed by atoms with Gasteiger partial charge in [0.2, 0.25) is 5.88 Å². The van der Waals surface area contributed by atoms with E-state index in [1.807, 2.05) is 24.7 Å². The number of halogens is 1. The minimum atomic E-state index is 0.465. The molecule has 0 N–H and O–H groups in total. The van der Waals surface area contributed by atoms with Gasteiger partial charge in [0.1, 0.15) is 5.02 Å². The van der Waals surface area contributed by atoms with Gasteiger partial charge >= 0.3 is 0 Å². The summed E-state index contributed by atoms with van der Waals surface area (Å²) in [6.07, 6.45) is 6.70. The molecule has 1 aliphatic rings. The minimum Gasteiger partial charge on any atom is -0.480 e. The predicted octanol–water partition coefficient (Wildman–Crippen LogP) is 2.81. The molecule has 2 aromatic rings. The van der Waals surface area contributed by atoms with Crippen LogP contribution in [0, 0.1) is 0 Å². The van der Waals surface area contributed by atoms with Gasteiger partial charge in [0.05, 0.1) is 12.8 Å². The van der Waals surface area contributed by atoms with Gasteiger partial charge in [-0.05, 0) is 17.9 Å². The highest BCUT2D eigenvalue weighted by atomic mass is 35.5. The summed E-state index contributed by atoms with van der Waals surface area (Å²) in [6.45, 7) is 2.63. The van der Waals surface area contributed by atoms with E-state index in [4.69, 9.17) is 16.3 Å². The Balaban J connectivity index is 1.71. The molecular formula is C15H17ClN4OS. The fourth-order valence-corrected chi connectivity index (χ4v) is 3.18. The number of fused-ring (bicyclic) bond motifs is 1. The molecule has 22 heavy (non-hydrogen) atoms. The molecule has 2 aromatic heterocycles. The SMILES string of the molecule is COc1ncc(CN2CCc3nc(SC)ncc3C2)cc1Cl. The van der Waals surface area contributed by atoms with E-state index in [0.717, 1.165) is 36.8 Å². The van der Waals surface area contributed by atoms with Gasteiger partial charge in [0.25, 0.3) is 0 Å². The molecule has 0 unspecified atom stereocenters. The molecule has 5 nitrogen and oxygen atoms in total. The van der Waals surface area contributed by atoms with Crippen molar-refractivity contribution in [2.45, 2.75) is 24.7 Å². The van der Waals surface area contributed by atoms with Gasteiger partial charge in [-0.15, -0.1) is 0 Å². The topological polar surface area (TPSA) is 51.1 Å². The molecule has 1 aliphatic heterocycles. The maximum Gasteiger partial charge on any atom is 0.232 e. The second-order valence-corrected chi connectivity index (χ2v) is 6.30. The van der Waals surface area contributed by atoms with Crippen molar-refractivity contribution in [1.82, 2.24) is 19.9 Å². The van der Waals surface area contributed by atoms with Gasteiger partial charge in [0.15, 0.2) is 5.16 Å². The van der Waals surface area contributed by atoms with Crippen LogP contribution in [-0.2, 0) is 19.5 Å². The lowest BCUT2D eigenvalue weighted by Gasteiger charge is -2.28. The third-order valence-corrected chi connectivity index (χ3v) is 4.47. The highest BCUT2D eigenvalue weighted by molar-refractivity contribution is 7.98. The zero-order valence-electron chi connectivity index (χ0n) is 12.5. The van der Waals surface area contributed by atoms with Crippen molar-refractivity contribution in [3.8, 4) is 5.88 Å². The second-order valence-electron chi connectivity index (χ2n) is 5.12. The van der Waals surface area contributed by atoms with E-state index in [1.54, 1.807) is 18.9 Å². The smallest absolute Gasteiger partial charge is 0.232 e. The van der Waals surface area contributed by atoms with Crippen LogP contribution in [0.4, 0.5) is 0 Å². The Morgan fingerprint density at radius 1 is 1.36 bits per heavy atom.